The normalized spacial score (nSPS) is 14.9. The lowest BCUT2D eigenvalue weighted by Crippen LogP contribution is -2.52. The number of amides is 1. The van der Waals surface area contributed by atoms with Crippen molar-refractivity contribution in [2.75, 3.05) is 44.7 Å². The lowest BCUT2D eigenvalue weighted by atomic mass is 10.2. The van der Waals surface area contributed by atoms with Gasteiger partial charge in [-0.1, -0.05) is 0 Å². The molecule has 0 atom stereocenters. The van der Waals surface area contributed by atoms with Crippen molar-refractivity contribution in [1.82, 2.24) is 10.2 Å². The number of hydrogen-bond acceptors (Lipinski definition) is 5. The molecule has 2 aromatic rings. The molecule has 1 aliphatic rings. The summed E-state index contributed by atoms with van der Waals surface area (Å²) in [5, 5.41) is 3.33. The lowest BCUT2D eigenvalue weighted by Gasteiger charge is -2.37. The highest BCUT2D eigenvalue weighted by Crippen LogP contribution is 2.20. The maximum absolute atomic E-state index is 11.1. The van der Waals surface area contributed by atoms with Gasteiger partial charge in [0.2, 0.25) is 0 Å². The van der Waals surface area contributed by atoms with Crippen LogP contribution in [0.15, 0.2) is 45.8 Å². The van der Waals surface area contributed by atoms with Crippen LogP contribution in [0, 0.1) is 0 Å². The SMILES string of the molecule is CCNC(=NCc1ccc(C(N)=O)o1)N1CCN(c2ccc(OC)cc2)CC1. The topological polar surface area (TPSA) is 96.3 Å². The van der Waals surface area contributed by atoms with E-state index >= 15 is 0 Å². The first-order valence-electron chi connectivity index (χ1n) is 9.41. The van der Waals surface area contributed by atoms with Gasteiger partial charge in [-0.25, -0.2) is 4.99 Å². The van der Waals surface area contributed by atoms with Crippen molar-refractivity contribution in [2.24, 2.45) is 10.7 Å². The Morgan fingerprint density at radius 2 is 1.89 bits per heavy atom. The van der Waals surface area contributed by atoms with Gasteiger partial charge in [0.15, 0.2) is 11.7 Å². The van der Waals surface area contributed by atoms with Crippen LogP contribution in [0.25, 0.3) is 0 Å². The molecule has 0 bridgehead atoms. The number of nitrogens with one attached hydrogen (secondary N) is 1. The molecule has 1 saturated heterocycles. The summed E-state index contributed by atoms with van der Waals surface area (Å²) in [5.74, 6) is 1.90. The first kappa shape index (κ1) is 19.6. The summed E-state index contributed by atoms with van der Waals surface area (Å²) in [5.41, 5.74) is 6.42. The molecule has 0 saturated carbocycles. The lowest BCUT2D eigenvalue weighted by molar-refractivity contribution is 0.0972. The Morgan fingerprint density at radius 1 is 1.18 bits per heavy atom. The van der Waals surface area contributed by atoms with Gasteiger partial charge in [0.1, 0.15) is 18.1 Å². The highest BCUT2D eigenvalue weighted by molar-refractivity contribution is 5.89. The number of carbonyl (C=O) groups is 1. The van der Waals surface area contributed by atoms with Crippen LogP contribution in [-0.2, 0) is 6.54 Å². The van der Waals surface area contributed by atoms with Crippen LogP contribution in [0.4, 0.5) is 5.69 Å². The fourth-order valence-electron chi connectivity index (χ4n) is 3.14. The van der Waals surface area contributed by atoms with Crippen molar-refractivity contribution < 1.29 is 13.9 Å². The number of carbonyl (C=O) groups excluding carboxylic acids is 1. The molecule has 28 heavy (non-hydrogen) atoms. The molecular weight excluding hydrogens is 358 g/mol. The third-order valence-electron chi connectivity index (χ3n) is 4.64. The minimum atomic E-state index is -0.572. The van der Waals surface area contributed by atoms with Crippen molar-refractivity contribution in [3.8, 4) is 5.75 Å². The summed E-state index contributed by atoms with van der Waals surface area (Å²) >= 11 is 0. The van der Waals surface area contributed by atoms with E-state index in [4.69, 9.17) is 14.9 Å². The molecule has 150 valence electrons. The fraction of sp³-hybridized carbons (Fsp3) is 0.400. The molecule has 8 nitrogen and oxygen atoms in total. The number of furan rings is 1. The van der Waals surface area contributed by atoms with Gasteiger partial charge in [0, 0.05) is 38.4 Å². The Kier molecular flexibility index (Phi) is 6.41. The summed E-state index contributed by atoms with van der Waals surface area (Å²) < 4.78 is 10.6. The summed E-state index contributed by atoms with van der Waals surface area (Å²) in [6.07, 6.45) is 0. The predicted octanol–water partition coefficient (Wildman–Crippen LogP) is 1.67. The Balaban J connectivity index is 1.60. The number of hydrogen-bond donors (Lipinski definition) is 2. The molecule has 1 aliphatic heterocycles. The third-order valence-corrected chi connectivity index (χ3v) is 4.64. The van der Waals surface area contributed by atoms with Crippen molar-refractivity contribution in [2.45, 2.75) is 13.5 Å². The second-order valence-corrected chi connectivity index (χ2v) is 6.47. The van der Waals surface area contributed by atoms with E-state index in [1.165, 1.54) is 5.69 Å². The highest BCUT2D eigenvalue weighted by atomic mass is 16.5. The number of ether oxygens (including phenoxy) is 1. The molecule has 1 aromatic carbocycles. The standard InChI is InChI=1S/C20H27N5O3/c1-3-22-20(23-14-17-8-9-18(28-17)19(21)26)25-12-10-24(11-13-25)15-4-6-16(27-2)7-5-15/h4-9H,3,10-14H2,1-2H3,(H2,21,26)(H,22,23). The van der Waals surface area contributed by atoms with Crippen LogP contribution in [0.2, 0.25) is 0 Å². The number of methoxy groups -OCH3 is 1. The largest absolute Gasteiger partial charge is 0.497 e. The highest BCUT2D eigenvalue weighted by Gasteiger charge is 2.20. The quantitative estimate of drug-likeness (QED) is 0.580. The van der Waals surface area contributed by atoms with E-state index in [0.717, 1.165) is 44.4 Å². The number of nitrogens with zero attached hydrogens (tertiary/aromatic N) is 3. The average molecular weight is 385 g/mol. The van der Waals surface area contributed by atoms with Crippen molar-refractivity contribution in [3.05, 3.63) is 47.9 Å². The molecule has 8 heteroatoms. The molecule has 3 N–H and O–H groups in total. The monoisotopic (exact) mass is 385 g/mol. The first-order valence-corrected chi connectivity index (χ1v) is 9.41. The summed E-state index contributed by atoms with van der Waals surface area (Å²) in [7, 11) is 1.67. The summed E-state index contributed by atoms with van der Waals surface area (Å²) in [4.78, 5) is 20.4. The van der Waals surface area contributed by atoms with Gasteiger partial charge in [-0.05, 0) is 43.3 Å². The molecule has 1 aromatic heterocycles. The van der Waals surface area contributed by atoms with Crippen LogP contribution >= 0.6 is 0 Å². The molecule has 0 unspecified atom stereocenters. The molecule has 1 fully saturated rings. The van der Waals surface area contributed by atoms with Crippen LogP contribution in [0.3, 0.4) is 0 Å². The Hall–Kier alpha value is -3.16. The molecule has 0 spiro atoms. The number of rotatable bonds is 6. The van der Waals surface area contributed by atoms with Crippen molar-refractivity contribution in [3.63, 3.8) is 0 Å². The van der Waals surface area contributed by atoms with Crippen LogP contribution in [0.1, 0.15) is 23.2 Å². The Bertz CT molecular complexity index is 808. The third kappa shape index (κ3) is 4.76. The molecule has 1 amide bonds. The van der Waals surface area contributed by atoms with E-state index in [-0.39, 0.29) is 5.76 Å². The van der Waals surface area contributed by atoms with Gasteiger partial charge < -0.3 is 30.0 Å². The number of guanidine groups is 1. The van der Waals surface area contributed by atoms with Gasteiger partial charge in [-0.3, -0.25) is 4.79 Å². The molecule has 3 rings (SSSR count). The van der Waals surface area contributed by atoms with E-state index in [1.54, 1.807) is 19.2 Å². The smallest absolute Gasteiger partial charge is 0.284 e. The average Bonchev–Trinajstić information content (AvgIpc) is 3.21. The van der Waals surface area contributed by atoms with Gasteiger partial charge in [-0.2, -0.15) is 0 Å². The maximum atomic E-state index is 11.1. The van der Waals surface area contributed by atoms with Crippen molar-refractivity contribution >= 4 is 17.6 Å². The number of aliphatic imine (C=N–C) groups is 1. The number of anilines is 1. The second kappa shape index (κ2) is 9.16. The number of piperazine rings is 1. The van der Waals surface area contributed by atoms with Crippen molar-refractivity contribution in [1.29, 1.82) is 0 Å². The number of nitrogens with two attached hydrogens (primary N) is 1. The number of primary amides is 1. The molecular formula is C20H27N5O3. The minimum Gasteiger partial charge on any atom is -0.497 e. The summed E-state index contributed by atoms with van der Waals surface area (Å²) in [6.45, 7) is 6.72. The predicted molar refractivity (Wildman–Crippen MR) is 109 cm³/mol. The zero-order chi connectivity index (χ0) is 19.9. The van der Waals surface area contributed by atoms with Gasteiger partial charge in [-0.15, -0.1) is 0 Å². The van der Waals surface area contributed by atoms with Crippen LogP contribution in [0.5, 0.6) is 5.75 Å². The Labute approximate surface area is 165 Å². The fourth-order valence-corrected chi connectivity index (χ4v) is 3.14. The molecule has 0 aliphatic carbocycles. The van der Waals surface area contributed by atoms with E-state index in [2.05, 4.69) is 32.2 Å². The zero-order valence-corrected chi connectivity index (χ0v) is 16.4. The van der Waals surface area contributed by atoms with Crippen LogP contribution < -0.4 is 20.7 Å². The first-order chi connectivity index (χ1) is 13.6. The zero-order valence-electron chi connectivity index (χ0n) is 16.4. The van der Waals surface area contributed by atoms with E-state index in [0.29, 0.717) is 12.3 Å². The second-order valence-electron chi connectivity index (χ2n) is 6.47. The molecule has 0 radical (unpaired) electrons. The number of benzene rings is 1. The van der Waals surface area contributed by atoms with Gasteiger partial charge >= 0.3 is 0 Å². The Morgan fingerprint density at radius 3 is 2.46 bits per heavy atom. The minimum absolute atomic E-state index is 0.156. The van der Waals surface area contributed by atoms with Gasteiger partial charge in [0.05, 0.1) is 7.11 Å². The van der Waals surface area contributed by atoms with E-state index < -0.39 is 5.91 Å². The molecule has 2 heterocycles. The van der Waals surface area contributed by atoms with E-state index in [9.17, 15) is 4.79 Å². The maximum Gasteiger partial charge on any atom is 0.284 e. The van der Waals surface area contributed by atoms with Gasteiger partial charge in [0.25, 0.3) is 5.91 Å². The van der Waals surface area contributed by atoms with Crippen LogP contribution in [-0.4, -0.2) is 56.6 Å². The summed E-state index contributed by atoms with van der Waals surface area (Å²) in [6, 6.07) is 11.4. The van der Waals surface area contributed by atoms with E-state index in [1.807, 2.05) is 19.1 Å².